The Kier molecular flexibility index (Phi) is 6.85. The summed E-state index contributed by atoms with van der Waals surface area (Å²) < 4.78 is 12.9. The molecule has 186 valence electrons. The van der Waals surface area contributed by atoms with E-state index in [0.717, 1.165) is 41.4 Å². The standard InChI is InChI=1S/C29H29NO5S/c1-3-19-16-30(17-19)12-13-34-22-6-8-23(9-7-22)35-28-25-11-5-21(32)15-26(25)36-29(28)27(33)24-10-4-20(31)14-18(24)2/h4-11,14-15,19,31-32H,3,12-13,16-17H2,1-2H3. The fourth-order valence-electron chi connectivity index (χ4n) is 4.47. The number of fused-ring (bicyclic) bond motifs is 1. The van der Waals surface area contributed by atoms with Crippen LogP contribution in [0.3, 0.4) is 0 Å². The molecular formula is C29H29NO5S. The third-order valence-corrected chi connectivity index (χ3v) is 7.75. The van der Waals surface area contributed by atoms with Crippen molar-refractivity contribution in [3.8, 4) is 28.7 Å². The van der Waals surface area contributed by atoms with Gasteiger partial charge in [-0.25, -0.2) is 0 Å². The van der Waals surface area contributed by atoms with Crippen LogP contribution in [0.1, 0.15) is 34.1 Å². The molecule has 3 aromatic carbocycles. The molecular weight excluding hydrogens is 474 g/mol. The highest BCUT2D eigenvalue weighted by Crippen LogP contribution is 2.43. The van der Waals surface area contributed by atoms with E-state index in [9.17, 15) is 15.0 Å². The van der Waals surface area contributed by atoms with Crippen molar-refractivity contribution in [3.05, 3.63) is 76.7 Å². The van der Waals surface area contributed by atoms with Crippen LogP contribution < -0.4 is 9.47 Å². The Bertz CT molecular complexity index is 1390. The lowest BCUT2D eigenvalue weighted by molar-refractivity contribution is 0.0806. The average molecular weight is 504 g/mol. The number of likely N-dealkylation sites (tertiary alicyclic amines) is 1. The number of aromatic hydroxyl groups is 2. The Morgan fingerprint density at radius 3 is 2.42 bits per heavy atom. The Morgan fingerprint density at radius 1 is 1.00 bits per heavy atom. The van der Waals surface area contributed by atoms with Crippen LogP contribution in [-0.4, -0.2) is 47.1 Å². The average Bonchev–Trinajstić information content (AvgIpc) is 3.18. The van der Waals surface area contributed by atoms with Gasteiger partial charge in [0, 0.05) is 35.3 Å². The van der Waals surface area contributed by atoms with Crippen molar-refractivity contribution in [2.24, 2.45) is 5.92 Å². The molecule has 2 heterocycles. The zero-order chi connectivity index (χ0) is 25.2. The smallest absolute Gasteiger partial charge is 0.207 e. The van der Waals surface area contributed by atoms with E-state index >= 15 is 0 Å². The predicted octanol–water partition coefficient (Wildman–Crippen LogP) is 6.36. The van der Waals surface area contributed by atoms with E-state index in [4.69, 9.17) is 9.47 Å². The molecule has 1 aromatic heterocycles. The molecule has 36 heavy (non-hydrogen) atoms. The van der Waals surface area contributed by atoms with E-state index < -0.39 is 0 Å². The van der Waals surface area contributed by atoms with E-state index in [-0.39, 0.29) is 17.3 Å². The minimum Gasteiger partial charge on any atom is -0.508 e. The van der Waals surface area contributed by atoms with Crippen molar-refractivity contribution in [2.45, 2.75) is 20.3 Å². The summed E-state index contributed by atoms with van der Waals surface area (Å²) in [6.07, 6.45) is 1.24. The van der Waals surface area contributed by atoms with Crippen molar-refractivity contribution < 1.29 is 24.5 Å². The molecule has 5 rings (SSSR count). The van der Waals surface area contributed by atoms with Gasteiger partial charge in [-0.2, -0.15) is 0 Å². The SMILES string of the molecule is CCC1CN(CCOc2ccc(Oc3c(C(=O)c4ccc(O)cc4C)sc4cc(O)ccc34)cc2)C1. The van der Waals surface area contributed by atoms with Gasteiger partial charge in [0.15, 0.2) is 5.75 Å². The third kappa shape index (κ3) is 5.03. The molecule has 6 nitrogen and oxygen atoms in total. The van der Waals surface area contributed by atoms with Crippen molar-refractivity contribution in [3.63, 3.8) is 0 Å². The number of phenols is 2. The summed E-state index contributed by atoms with van der Waals surface area (Å²) in [6, 6.07) is 17.1. The molecule has 1 aliphatic rings. The van der Waals surface area contributed by atoms with Crippen LogP contribution in [-0.2, 0) is 0 Å². The Balaban J connectivity index is 1.35. The monoisotopic (exact) mass is 503 g/mol. The molecule has 0 atom stereocenters. The highest BCUT2D eigenvalue weighted by atomic mass is 32.1. The predicted molar refractivity (Wildman–Crippen MR) is 142 cm³/mol. The lowest BCUT2D eigenvalue weighted by atomic mass is 9.98. The maximum Gasteiger partial charge on any atom is 0.207 e. The van der Waals surface area contributed by atoms with Crippen LogP contribution in [0, 0.1) is 12.8 Å². The van der Waals surface area contributed by atoms with Crippen molar-refractivity contribution >= 4 is 27.2 Å². The number of benzene rings is 3. The van der Waals surface area contributed by atoms with Gasteiger partial charge >= 0.3 is 0 Å². The number of phenolic OH excluding ortho intramolecular Hbond substituents is 2. The van der Waals surface area contributed by atoms with Crippen LogP contribution in [0.5, 0.6) is 28.7 Å². The molecule has 4 aromatic rings. The summed E-state index contributed by atoms with van der Waals surface area (Å²) in [5, 5.41) is 20.5. The molecule has 7 heteroatoms. The molecule has 0 radical (unpaired) electrons. The second-order valence-electron chi connectivity index (χ2n) is 9.22. The highest BCUT2D eigenvalue weighted by molar-refractivity contribution is 7.21. The van der Waals surface area contributed by atoms with E-state index in [1.54, 1.807) is 37.3 Å². The summed E-state index contributed by atoms with van der Waals surface area (Å²) in [5.74, 6) is 2.67. The molecule has 1 aliphatic heterocycles. The summed E-state index contributed by atoms with van der Waals surface area (Å²) in [7, 11) is 0. The summed E-state index contributed by atoms with van der Waals surface area (Å²) >= 11 is 1.27. The van der Waals surface area contributed by atoms with Crippen LogP contribution in [0.25, 0.3) is 10.1 Å². The molecule has 0 spiro atoms. The lowest BCUT2D eigenvalue weighted by Gasteiger charge is -2.38. The number of ether oxygens (including phenoxy) is 2. The molecule has 1 saturated heterocycles. The minimum absolute atomic E-state index is 0.110. The van der Waals surface area contributed by atoms with E-state index in [2.05, 4.69) is 11.8 Å². The normalized spacial score (nSPS) is 14.1. The number of aryl methyl sites for hydroxylation is 1. The Labute approximate surface area is 214 Å². The topological polar surface area (TPSA) is 79.2 Å². The largest absolute Gasteiger partial charge is 0.508 e. The highest BCUT2D eigenvalue weighted by Gasteiger charge is 2.25. The van der Waals surface area contributed by atoms with Crippen LogP contribution in [0.4, 0.5) is 0 Å². The van der Waals surface area contributed by atoms with Gasteiger partial charge in [0.2, 0.25) is 5.78 Å². The first-order chi connectivity index (χ1) is 17.4. The maximum absolute atomic E-state index is 13.5. The number of rotatable bonds is 9. The first-order valence-corrected chi connectivity index (χ1v) is 13.0. The van der Waals surface area contributed by atoms with E-state index in [0.29, 0.717) is 34.1 Å². The molecule has 2 N–H and O–H groups in total. The fraction of sp³-hybridized carbons (Fsp3) is 0.276. The Morgan fingerprint density at radius 2 is 1.69 bits per heavy atom. The van der Waals surface area contributed by atoms with Crippen molar-refractivity contribution in [1.82, 2.24) is 4.90 Å². The quantitative estimate of drug-likeness (QED) is 0.259. The molecule has 0 bridgehead atoms. The zero-order valence-electron chi connectivity index (χ0n) is 20.4. The number of hydrogen-bond donors (Lipinski definition) is 2. The zero-order valence-corrected chi connectivity index (χ0v) is 21.2. The summed E-state index contributed by atoms with van der Waals surface area (Å²) in [5.41, 5.74) is 1.17. The van der Waals surface area contributed by atoms with E-state index in [1.165, 1.54) is 23.8 Å². The minimum atomic E-state index is -0.195. The molecule has 0 amide bonds. The second kappa shape index (κ2) is 10.2. The Hall–Kier alpha value is -3.55. The summed E-state index contributed by atoms with van der Waals surface area (Å²) in [4.78, 5) is 16.3. The van der Waals surface area contributed by atoms with Gasteiger partial charge in [0.1, 0.15) is 34.5 Å². The molecule has 0 aliphatic carbocycles. The number of carbonyl (C=O) groups is 1. The van der Waals surface area contributed by atoms with Crippen molar-refractivity contribution in [2.75, 3.05) is 26.2 Å². The summed E-state index contributed by atoms with van der Waals surface area (Å²) in [6.45, 7) is 7.89. The number of thiophene rings is 1. The van der Waals surface area contributed by atoms with Gasteiger partial charge in [-0.1, -0.05) is 13.3 Å². The number of nitrogens with zero attached hydrogens (tertiary/aromatic N) is 1. The number of carbonyl (C=O) groups excluding carboxylic acids is 1. The van der Waals surface area contributed by atoms with Gasteiger partial charge in [0.05, 0.1) is 0 Å². The van der Waals surface area contributed by atoms with Gasteiger partial charge in [-0.3, -0.25) is 9.69 Å². The fourth-order valence-corrected chi connectivity index (χ4v) is 5.59. The maximum atomic E-state index is 13.5. The van der Waals surface area contributed by atoms with Crippen molar-refractivity contribution in [1.29, 1.82) is 0 Å². The molecule has 0 saturated carbocycles. The number of hydrogen-bond acceptors (Lipinski definition) is 7. The van der Waals surface area contributed by atoms with E-state index in [1.807, 2.05) is 24.3 Å². The molecule has 0 unspecified atom stereocenters. The van der Waals surface area contributed by atoms with Gasteiger partial charge in [-0.05, 0) is 79.1 Å². The first kappa shape index (κ1) is 24.2. The van der Waals surface area contributed by atoms with Gasteiger partial charge < -0.3 is 19.7 Å². The van der Waals surface area contributed by atoms with Crippen LogP contribution in [0.2, 0.25) is 0 Å². The van der Waals surface area contributed by atoms with Gasteiger partial charge in [-0.15, -0.1) is 11.3 Å². The lowest BCUT2D eigenvalue weighted by Crippen LogP contribution is -2.47. The molecule has 1 fully saturated rings. The van der Waals surface area contributed by atoms with Crippen LogP contribution in [0.15, 0.2) is 60.7 Å². The number of ketones is 1. The third-order valence-electron chi connectivity index (χ3n) is 6.62. The van der Waals surface area contributed by atoms with Gasteiger partial charge in [0.25, 0.3) is 0 Å². The first-order valence-electron chi connectivity index (χ1n) is 12.1. The second-order valence-corrected chi connectivity index (χ2v) is 10.3. The van der Waals surface area contributed by atoms with Crippen LogP contribution >= 0.6 is 11.3 Å².